The summed E-state index contributed by atoms with van der Waals surface area (Å²) in [5.41, 5.74) is 1.19. The highest BCUT2D eigenvalue weighted by Gasteiger charge is 2.26. The van der Waals surface area contributed by atoms with Crippen molar-refractivity contribution in [3.63, 3.8) is 0 Å². The highest BCUT2D eigenvalue weighted by atomic mass is 16.6. The lowest BCUT2D eigenvalue weighted by molar-refractivity contribution is 0.0484. The van der Waals surface area contributed by atoms with Gasteiger partial charge in [-0.25, -0.2) is 0 Å². The van der Waals surface area contributed by atoms with E-state index in [4.69, 9.17) is 15.3 Å². The van der Waals surface area contributed by atoms with Gasteiger partial charge in [0.25, 0.3) is 0 Å². The number of nitrogens with one attached hydrogen (secondary N) is 1. The van der Waals surface area contributed by atoms with E-state index in [9.17, 15) is 0 Å². The molecule has 4 rings (SSSR count). The van der Waals surface area contributed by atoms with Crippen LogP contribution in [0, 0.1) is 12.8 Å². The van der Waals surface area contributed by atoms with Crippen LogP contribution in [-0.4, -0.2) is 58.9 Å². The van der Waals surface area contributed by atoms with Gasteiger partial charge in [0.15, 0.2) is 17.3 Å². The molecular formula is C18H26N6O2. The van der Waals surface area contributed by atoms with E-state index in [1.807, 2.05) is 12.1 Å². The Morgan fingerprint density at radius 3 is 2.88 bits per heavy atom. The molecule has 0 bridgehead atoms. The Kier molecular flexibility index (Phi) is 4.83. The van der Waals surface area contributed by atoms with Crippen molar-refractivity contribution in [2.75, 3.05) is 43.9 Å². The third-order valence-electron chi connectivity index (χ3n) is 5.07. The number of likely N-dealkylation sites (tertiary alicyclic amines) is 1. The first-order valence-electron chi connectivity index (χ1n) is 9.19. The van der Waals surface area contributed by atoms with Gasteiger partial charge >= 0.3 is 0 Å². The van der Waals surface area contributed by atoms with E-state index in [1.54, 1.807) is 6.20 Å². The molecule has 2 aromatic rings. The highest BCUT2D eigenvalue weighted by Crippen LogP contribution is 2.32. The number of benzene rings is 1. The molecule has 3 heterocycles. The Morgan fingerprint density at radius 1 is 1.27 bits per heavy atom. The fourth-order valence-electron chi connectivity index (χ4n) is 3.58. The van der Waals surface area contributed by atoms with Crippen LogP contribution in [0.25, 0.3) is 0 Å². The number of aromatic nitrogens is 3. The molecule has 3 N–H and O–H groups in total. The molecular weight excluding hydrogens is 332 g/mol. The number of rotatable bonds is 5. The minimum Gasteiger partial charge on any atom is -0.486 e. The van der Waals surface area contributed by atoms with Gasteiger partial charge in [0, 0.05) is 13.1 Å². The molecule has 8 nitrogen and oxygen atoms in total. The normalized spacial score (nSPS) is 20.9. The zero-order valence-electron chi connectivity index (χ0n) is 15.1. The molecule has 8 heteroatoms. The predicted octanol–water partition coefficient (Wildman–Crippen LogP) is 1.26. The van der Waals surface area contributed by atoms with Crippen molar-refractivity contribution in [1.29, 1.82) is 0 Å². The van der Waals surface area contributed by atoms with Crippen molar-refractivity contribution in [2.24, 2.45) is 5.92 Å². The second kappa shape index (κ2) is 7.41. The van der Waals surface area contributed by atoms with Gasteiger partial charge in [0.1, 0.15) is 12.7 Å². The minimum atomic E-state index is 0.0967. The lowest BCUT2D eigenvalue weighted by Crippen LogP contribution is -2.44. The van der Waals surface area contributed by atoms with E-state index in [0.29, 0.717) is 12.5 Å². The summed E-state index contributed by atoms with van der Waals surface area (Å²) in [7, 11) is 0. The fourth-order valence-corrected chi connectivity index (χ4v) is 3.58. The summed E-state index contributed by atoms with van der Waals surface area (Å²) in [6, 6.07) is 6.10. The monoisotopic (exact) mass is 358 g/mol. The Bertz CT molecular complexity index is 741. The van der Waals surface area contributed by atoms with Gasteiger partial charge in [-0.1, -0.05) is 11.0 Å². The Balaban J connectivity index is 1.21. The standard InChI is InChI=1S/C18H26N6O2/c1-13-2-3-16-17(8-13)25-12-15(26-16)11-23-6-4-14(5-7-23)9-20-18-10-21-24(19)22-18/h2-3,8,10,14-15H,4-7,9,11-12,19H2,1H3,(H,20,22). The number of aryl methyl sites for hydroxylation is 1. The number of ether oxygens (including phenoxy) is 2. The molecule has 140 valence electrons. The molecule has 1 unspecified atom stereocenters. The molecule has 0 spiro atoms. The summed E-state index contributed by atoms with van der Waals surface area (Å²) in [5, 5.41) is 11.2. The zero-order chi connectivity index (χ0) is 17.9. The van der Waals surface area contributed by atoms with E-state index in [2.05, 4.69) is 33.4 Å². The smallest absolute Gasteiger partial charge is 0.170 e. The summed E-state index contributed by atoms with van der Waals surface area (Å²) < 4.78 is 12.0. The van der Waals surface area contributed by atoms with Gasteiger partial charge in [-0.05, 0) is 56.5 Å². The number of nitrogens with two attached hydrogens (primary N) is 1. The summed E-state index contributed by atoms with van der Waals surface area (Å²) in [6.07, 6.45) is 4.06. The van der Waals surface area contributed by atoms with E-state index < -0.39 is 0 Å². The number of hydrogen-bond donors (Lipinski definition) is 2. The maximum Gasteiger partial charge on any atom is 0.170 e. The average molecular weight is 358 g/mol. The van der Waals surface area contributed by atoms with E-state index in [1.165, 1.54) is 5.56 Å². The number of hydrogen-bond acceptors (Lipinski definition) is 7. The first-order chi connectivity index (χ1) is 12.7. The summed E-state index contributed by atoms with van der Waals surface area (Å²) in [6.45, 7) is 6.66. The summed E-state index contributed by atoms with van der Waals surface area (Å²) in [5.74, 6) is 8.55. The number of nitrogen functional groups attached to an aromatic ring is 1. The van der Waals surface area contributed by atoms with Gasteiger partial charge < -0.3 is 20.6 Å². The molecule has 1 aromatic carbocycles. The van der Waals surface area contributed by atoms with Crippen LogP contribution in [0.15, 0.2) is 24.4 Å². The zero-order valence-corrected chi connectivity index (χ0v) is 15.1. The lowest BCUT2D eigenvalue weighted by Gasteiger charge is -2.35. The van der Waals surface area contributed by atoms with Crippen LogP contribution in [-0.2, 0) is 0 Å². The minimum absolute atomic E-state index is 0.0967. The van der Waals surface area contributed by atoms with E-state index in [0.717, 1.165) is 61.2 Å². The molecule has 0 aliphatic carbocycles. The topological polar surface area (TPSA) is 90.5 Å². The molecule has 1 aromatic heterocycles. The van der Waals surface area contributed by atoms with Gasteiger partial charge in [-0.3, -0.25) is 4.90 Å². The van der Waals surface area contributed by atoms with Gasteiger partial charge in [-0.2, -0.15) is 0 Å². The summed E-state index contributed by atoms with van der Waals surface area (Å²) >= 11 is 0. The van der Waals surface area contributed by atoms with E-state index in [-0.39, 0.29) is 6.10 Å². The van der Waals surface area contributed by atoms with Crippen LogP contribution in [0.1, 0.15) is 18.4 Å². The Morgan fingerprint density at radius 2 is 2.12 bits per heavy atom. The van der Waals surface area contributed by atoms with Crippen LogP contribution in [0.2, 0.25) is 0 Å². The Labute approximate surface area is 153 Å². The first kappa shape index (κ1) is 17.0. The third-order valence-corrected chi connectivity index (χ3v) is 5.07. The van der Waals surface area contributed by atoms with Crippen molar-refractivity contribution in [3.05, 3.63) is 30.0 Å². The Hall–Kier alpha value is -2.48. The third kappa shape index (κ3) is 4.01. The van der Waals surface area contributed by atoms with Gasteiger partial charge in [0.05, 0.1) is 6.20 Å². The lowest BCUT2D eigenvalue weighted by atomic mass is 9.96. The van der Waals surface area contributed by atoms with Crippen LogP contribution in [0.3, 0.4) is 0 Å². The second-order valence-corrected chi connectivity index (χ2v) is 7.18. The second-order valence-electron chi connectivity index (χ2n) is 7.18. The van der Waals surface area contributed by atoms with Crippen molar-refractivity contribution in [2.45, 2.75) is 25.9 Å². The maximum absolute atomic E-state index is 6.12. The molecule has 1 saturated heterocycles. The van der Waals surface area contributed by atoms with Crippen LogP contribution in [0.5, 0.6) is 11.5 Å². The van der Waals surface area contributed by atoms with E-state index >= 15 is 0 Å². The molecule has 0 amide bonds. The van der Waals surface area contributed by atoms with Crippen LogP contribution < -0.4 is 20.6 Å². The number of nitrogens with zero attached hydrogens (tertiary/aromatic N) is 4. The highest BCUT2D eigenvalue weighted by molar-refractivity contribution is 5.43. The molecule has 2 aliphatic rings. The fraction of sp³-hybridized carbons (Fsp3) is 0.556. The number of piperidine rings is 1. The molecule has 0 saturated carbocycles. The summed E-state index contributed by atoms with van der Waals surface area (Å²) in [4.78, 5) is 3.55. The largest absolute Gasteiger partial charge is 0.486 e. The first-order valence-corrected chi connectivity index (χ1v) is 9.19. The molecule has 1 fully saturated rings. The van der Waals surface area contributed by atoms with Crippen molar-refractivity contribution >= 4 is 5.82 Å². The van der Waals surface area contributed by atoms with Crippen LogP contribution >= 0.6 is 0 Å². The van der Waals surface area contributed by atoms with Crippen molar-refractivity contribution < 1.29 is 9.47 Å². The number of fused-ring (bicyclic) bond motifs is 1. The predicted molar refractivity (Wildman–Crippen MR) is 98.9 cm³/mol. The molecule has 1 atom stereocenters. The van der Waals surface area contributed by atoms with Crippen LogP contribution in [0.4, 0.5) is 5.82 Å². The average Bonchev–Trinajstić information content (AvgIpc) is 3.07. The SMILES string of the molecule is Cc1ccc2c(c1)OCC(CN1CCC(CNc3cnn(N)n3)CC1)O2. The molecule has 2 aliphatic heterocycles. The quantitative estimate of drug-likeness (QED) is 0.778. The van der Waals surface area contributed by atoms with Crippen molar-refractivity contribution in [3.8, 4) is 11.5 Å². The van der Waals surface area contributed by atoms with Gasteiger partial charge in [0.2, 0.25) is 0 Å². The van der Waals surface area contributed by atoms with Gasteiger partial charge in [-0.15, -0.1) is 10.2 Å². The molecule has 0 radical (unpaired) electrons. The number of anilines is 1. The molecule has 26 heavy (non-hydrogen) atoms. The maximum atomic E-state index is 6.12. The van der Waals surface area contributed by atoms with Crippen molar-refractivity contribution in [1.82, 2.24) is 20.0 Å².